The van der Waals surface area contributed by atoms with Gasteiger partial charge in [-0.05, 0) is 31.6 Å². The highest BCUT2D eigenvalue weighted by molar-refractivity contribution is 5.81. The minimum Gasteiger partial charge on any atom is -0.394 e. The lowest BCUT2D eigenvalue weighted by Gasteiger charge is -2.30. The van der Waals surface area contributed by atoms with Crippen molar-refractivity contribution in [2.75, 3.05) is 19.8 Å². The van der Waals surface area contributed by atoms with E-state index in [0.717, 1.165) is 32.2 Å². The molecule has 1 amide bonds. The summed E-state index contributed by atoms with van der Waals surface area (Å²) in [6.45, 7) is 3.63. The molecule has 0 aromatic rings. The zero-order chi connectivity index (χ0) is 11.5. The number of likely N-dealkylation sites (tertiary alicyclic amines) is 1. The van der Waals surface area contributed by atoms with Gasteiger partial charge < -0.3 is 14.7 Å². The van der Waals surface area contributed by atoms with Gasteiger partial charge in [-0.3, -0.25) is 4.79 Å². The summed E-state index contributed by atoms with van der Waals surface area (Å²) in [4.78, 5) is 14.0. The zero-order valence-corrected chi connectivity index (χ0v) is 9.89. The highest BCUT2D eigenvalue weighted by atomic mass is 16.5. The molecule has 0 spiro atoms. The normalized spacial score (nSPS) is 35.4. The first-order chi connectivity index (χ1) is 7.74. The van der Waals surface area contributed by atoms with Gasteiger partial charge in [-0.25, -0.2) is 0 Å². The van der Waals surface area contributed by atoms with Crippen LogP contribution in [-0.4, -0.2) is 47.8 Å². The van der Waals surface area contributed by atoms with Gasteiger partial charge in [0, 0.05) is 13.2 Å². The van der Waals surface area contributed by atoms with Crippen LogP contribution in [0.3, 0.4) is 0 Å². The molecule has 0 radical (unpaired) electrons. The third-order valence-corrected chi connectivity index (χ3v) is 3.81. The number of ether oxygens (including phenoxy) is 1. The molecule has 3 unspecified atom stereocenters. The Kier molecular flexibility index (Phi) is 3.82. The van der Waals surface area contributed by atoms with Crippen molar-refractivity contribution >= 4 is 5.91 Å². The average Bonchev–Trinajstić information content (AvgIpc) is 2.70. The monoisotopic (exact) mass is 227 g/mol. The predicted octanol–water partition coefficient (Wildman–Crippen LogP) is 0.785. The first-order valence-electron chi connectivity index (χ1n) is 6.27. The van der Waals surface area contributed by atoms with Crippen LogP contribution in [0.2, 0.25) is 0 Å². The van der Waals surface area contributed by atoms with Crippen LogP contribution in [-0.2, 0) is 9.53 Å². The third kappa shape index (κ3) is 2.23. The smallest absolute Gasteiger partial charge is 0.252 e. The number of aliphatic hydroxyl groups is 1. The van der Waals surface area contributed by atoms with Gasteiger partial charge in [0.15, 0.2) is 0 Å². The summed E-state index contributed by atoms with van der Waals surface area (Å²) < 4.78 is 5.51. The van der Waals surface area contributed by atoms with Gasteiger partial charge >= 0.3 is 0 Å². The molecule has 2 rings (SSSR count). The lowest BCUT2D eigenvalue weighted by atomic mass is 10.0. The van der Waals surface area contributed by atoms with Gasteiger partial charge in [0.25, 0.3) is 5.91 Å². The van der Waals surface area contributed by atoms with Crippen LogP contribution in [0.4, 0.5) is 0 Å². The van der Waals surface area contributed by atoms with Crippen molar-refractivity contribution in [2.24, 2.45) is 5.92 Å². The van der Waals surface area contributed by atoms with Gasteiger partial charge in [0.1, 0.15) is 6.10 Å². The number of rotatable bonds is 2. The second-order valence-corrected chi connectivity index (χ2v) is 4.90. The van der Waals surface area contributed by atoms with Crippen molar-refractivity contribution in [1.82, 2.24) is 4.90 Å². The fourth-order valence-electron chi connectivity index (χ4n) is 2.68. The summed E-state index contributed by atoms with van der Waals surface area (Å²) in [7, 11) is 0. The Morgan fingerprint density at radius 3 is 2.88 bits per heavy atom. The molecule has 92 valence electrons. The summed E-state index contributed by atoms with van der Waals surface area (Å²) in [5.74, 6) is 0.487. The fraction of sp³-hybridized carbons (Fsp3) is 0.917. The van der Waals surface area contributed by atoms with Gasteiger partial charge in [0.2, 0.25) is 0 Å². The van der Waals surface area contributed by atoms with Gasteiger partial charge in [-0.1, -0.05) is 6.92 Å². The molecular weight excluding hydrogens is 206 g/mol. The molecule has 2 aliphatic rings. The minimum absolute atomic E-state index is 0.00183. The summed E-state index contributed by atoms with van der Waals surface area (Å²) in [6, 6.07) is -0.00183. The van der Waals surface area contributed by atoms with Crippen LogP contribution >= 0.6 is 0 Å². The Morgan fingerprint density at radius 1 is 1.44 bits per heavy atom. The van der Waals surface area contributed by atoms with Crippen LogP contribution in [0.1, 0.15) is 32.6 Å². The second-order valence-electron chi connectivity index (χ2n) is 4.90. The van der Waals surface area contributed by atoms with Crippen LogP contribution in [0, 0.1) is 5.92 Å². The number of hydrogen-bond acceptors (Lipinski definition) is 3. The average molecular weight is 227 g/mol. The van der Waals surface area contributed by atoms with Crippen molar-refractivity contribution < 1.29 is 14.6 Å². The first kappa shape index (κ1) is 11.9. The SMILES string of the molecule is CC1CCN(C(=O)C2CCCCO2)C1CO. The molecule has 2 saturated heterocycles. The quantitative estimate of drug-likeness (QED) is 0.758. The maximum absolute atomic E-state index is 12.2. The molecular formula is C12H21NO3. The van der Waals surface area contributed by atoms with E-state index in [2.05, 4.69) is 6.92 Å². The Labute approximate surface area is 96.6 Å². The number of nitrogens with zero attached hydrogens (tertiary/aromatic N) is 1. The molecule has 0 aliphatic carbocycles. The molecule has 2 heterocycles. The first-order valence-corrected chi connectivity index (χ1v) is 6.27. The summed E-state index contributed by atoms with van der Waals surface area (Å²) in [5, 5.41) is 9.32. The Balaban J connectivity index is 1.97. The highest BCUT2D eigenvalue weighted by Gasteiger charge is 2.37. The van der Waals surface area contributed by atoms with E-state index >= 15 is 0 Å². The molecule has 16 heavy (non-hydrogen) atoms. The van der Waals surface area contributed by atoms with E-state index in [-0.39, 0.29) is 24.7 Å². The standard InChI is InChI=1S/C12H21NO3/c1-9-5-6-13(10(9)8-14)12(15)11-4-2-3-7-16-11/h9-11,14H,2-8H2,1H3. The summed E-state index contributed by atoms with van der Waals surface area (Å²) in [5.41, 5.74) is 0. The van der Waals surface area contributed by atoms with E-state index in [1.165, 1.54) is 0 Å². The minimum atomic E-state index is -0.256. The Morgan fingerprint density at radius 2 is 2.25 bits per heavy atom. The third-order valence-electron chi connectivity index (χ3n) is 3.81. The lowest BCUT2D eigenvalue weighted by molar-refractivity contribution is -0.148. The molecule has 0 saturated carbocycles. The maximum Gasteiger partial charge on any atom is 0.252 e. The maximum atomic E-state index is 12.2. The predicted molar refractivity (Wildman–Crippen MR) is 60.0 cm³/mol. The van der Waals surface area contributed by atoms with Crippen molar-refractivity contribution in [3.05, 3.63) is 0 Å². The number of carbonyl (C=O) groups excluding carboxylic acids is 1. The summed E-state index contributed by atoms with van der Waals surface area (Å²) in [6.07, 6.45) is 3.70. The molecule has 0 aromatic heterocycles. The van der Waals surface area contributed by atoms with Crippen molar-refractivity contribution in [3.8, 4) is 0 Å². The molecule has 0 bridgehead atoms. The highest BCUT2D eigenvalue weighted by Crippen LogP contribution is 2.26. The second kappa shape index (κ2) is 5.15. The van der Waals surface area contributed by atoms with E-state index in [1.807, 2.05) is 4.90 Å². The summed E-state index contributed by atoms with van der Waals surface area (Å²) >= 11 is 0. The van der Waals surface area contributed by atoms with E-state index in [9.17, 15) is 9.90 Å². The van der Waals surface area contributed by atoms with Gasteiger partial charge in [-0.2, -0.15) is 0 Å². The molecule has 0 aromatic carbocycles. The Hall–Kier alpha value is -0.610. The van der Waals surface area contributed by atoms with Crippen molar-refractivity contribution in [1.29, 1.82) is 0 Å². The van der Waals surface area contributed by atoms with E-state index in [0.29, 0.717) is 12.5 Å². The van der Waals surface area contributed by atoms with E-state index in [1.54, 1.807) is 0 Å². The number of amides is 1. The van der Waals surface area contributed by atoms with Crippen LogP contribution < -0.4 is 0 Å². The van der Waals surface area contributed by atoms with E-state index < -0.39 is 0 Å². The van der Waals surface area contributed by atoms with Crippen LogP contribution in [0.5, 0.6) is 0 Å². The lowest BCUT2D eigenvalue weighted by Crippen LogP contribution is -2.46. The molecule has 4 nitrogen and oxygen atoms in total. The van der Waals surface area contributed by atoms with Crippen molar-refractivity contribution in [2.45, 2.75) is 44.8 Å². The van der Waals surface area contributed by atoms with Gasteiger partial charge in [-0.15, -0.1) is 0 Å². The largest absolute Gasteiger partial charge is 0.394 e. The van der Waals surface area contributed by atoms with Gasteiger partial charge in [0.05, 0.1) is 12.6 Å². The number of hydrogen-bond donors (Lipinski definition) is 1. The molecule has 2 fully saturated rings. The molecule has 3 atom stereocenters. The molecule has 2 aliphatic heterocycles. The number of aliphatic hydroxyl groups excluding tert-OH is 1. The molecule has 1 N–H and O–H groups in total. The zero-order valence-electron chi connectivity index (χ0n) is 9.89. The topological polar surface area (TPSA) is 49.8 Å². The number of carbonyl (C=O) groups is 1. The van der Waals surface area contributed by atoms with E-state index in [4.69, 9.17) is 4.74 Å². The van der Waals surface area contributed by atoms with Crippen LogP contribution in [0.25, 0.3) is 0 Å². The fourth-order valence-corrected chi connectivity index (χ4v) is 2.68. The molecule has 4 heteroatoms. The Bertz CT molecular complexity index is 251. The van der Waals surface area contributed by atoms with Crippen LogP contribution in [0.15, 0.2) is 0 Å². The van der Waals surface area contributed by atoms with Crippen molar-refractivity contribution in [3.63, 3.8) is 0 Å².